The smallest absolute Gasteiger partial charge is 0.319 e. The molecule has 0 aliphatic rings. The molecule has 0 aliphatic heterocycles. The number of carbonyl (C=O) groups excluding carboxylic acids is 1. The third-order valence-corrected chi connectivity index (χ3v) is 2.55. The molecule has 4 nitrogen and oxygen atoms in total. The Hall–Kier alpha value is -1.26. The molecule has 5 heteroatoms. The fourth-order valence-corrected chi connectivity index (χ4v) is 1.47. The first-order valence-corrected chi connectivity index (χ1v) is 5.85. The van der Waals surface area contributed by atoms with Crippen molar-refractivity contribution in [2.45, 2.75) is 19.4 Å². The van der Waals surface area contributed by atoms with E-state index >= 15 is 0 Å². The number of benzene rings is 1. The molecule has 94 valence electrons. The van der Waals surface area contributed by atoms with Crippen LogP contribution in [0.25, 0.3) is 0 Å². The van der Waals surface area contributed by atoms with Crippen LogP contribution in [0.5, 0.6) is 0 Å². The molecule has 17 heavy (non-hydrogen) atoms. The van der Waals surface area contributed by atoms with Gasteiger partial charge in [-0.2, -0.15) is 0 Å². The summed E-state index contributed by atoms with van der Waals surface area (Å²) in [5.41, 5.74) is 0.708. The van der Waals surface area contributed by atoms with E-state index in [2.05, 4.69) is 10.6 Å². The lowest BCUT2D eigenvalue weighted by Gasteiger charge is -2.16. The summed E-state index contributed by atoms with van der Waals surface area (Å²) in [7, 11) is 1.61. The first-order valence-electron chi connectivity index (χ1n) is 5.47. The van der Waals surface area contributed by atoms with Crippen molar-refractivity contribution in [1.29, 1.82) is 0 Å². The number of ether oxygens (including phenoxy) is 1. The summed E-state index contributed by atoms with van der Waals surface area (Å²) in [6, 6.07) is 6.73. The molecular formula is C12H17ClN2O2. The van der Waals surface area contributed by atoms with Crippen molar-refractivity contribution in [2.75, 3.05) is 19.0 Å². The van der Waals surface area contributed by atoms with Gasteiger partial charge < -0.3 is 15.4 Å². The Balaban J connectivity index is 2.46. The SMILES string of the molecule is CC[C@@H](COC)NC(=O)Nc1ccc(Cl)cc1. The Morgan fingerprint density at radius 3 is 2.59 bits per heavy atom. The highest BCUT2D eigenvalue weighted by Gasteiger charge is 2.09. The lowest BCUT2D eigenvalue weighted by molar-refractivity contribution is 0.165. The maximum absolute atomic E-state index is 11.6. The maximum Gasteiger partial charge on any atom is 0.319 e. The number of methoxy groups -OCH3 is 1. The van der Waals surface area contributed by atoms with E-state index in [-0.39, 0.29) is 12.1 Å². The van der Waals surface area contributed by atoms with Gasteiger partial charge in [-0.1, -0.05) is 18.5 Å². The Morgan fingerprint density at radius 1 is 1.41 bits per heavy atom. The van der Waals surface area contributed by atoms with E-state index in [0.717, 1.165) is 6.42 Å². The van der Waals surface area contributed by atoms with Gasteiger partial charge in [0.2, 0.25) is 0 Å². The van der Waals surface area contributed by atoms with Crippen LogP contribution in [-0.4, -0.2) is 25.8 Å². The Kier molecular flexibility index (Phi) is 5.80. The number of hydrogen-bond donors (Lipinski definition) is 2. The van der Waals surface area contributed by atoms with Crippen molar-refractivity contribution in [3.8, 4) is 0 Å². The van der Waals surface area contributed by atoms with Gasteiger partial charge in [0.1, 0.15) is 0 Å². The Labute approximate surface area is 106 Å². The van der Waals surface area contributed by atoms with E-state index in [1.165, 1.54) is 0 Å². The molecule has 1 aromatic rings. The van der Waals surface area contributed by atoms with Crippen LogP contribution in [0.2, 0.25) is 5.02 Å². The van der Waals surface area contributed by atoms with Crippen LogP contribution in [0, 0.1) is 0 Å². The molecule has 2 N–H and O–H groups in total. The number of rotatable bonds is 5. The highest BCUT2D eigenvalue weighted by molar-refractivity contribution is 6.30. The van der Waals surface area contributed by atoms with Gasteiger partial charge in [-0.15, -0.1) is 0 Å². The molecule has 0 unspecified atom stereocenters. The third-order valence-electron chi connectivity index (χ3n) is 2.30. The van der Waals surface area contributed by atoms with Gasteiger partial charge in [-0.3, -0.25) is 0 Å². The standard InChI is InChI=1S/C12H17ClN2O2/c1-3-10(8-17-2)14-12(16)15-11-6-4-9(13)5-7-11/h4-7,10H,3,8H2,1-2H3,(H2,14,15,16)/t10-/m0/s1. The van der Waals surface area contributed by atoms with Crippen LogP contribution in [-0.2, 0) is 4.74 Å². The molecular weight excluding hydrogens is 240 g/mol. The van der Waals surface area contributed by atoms with Crippen molar-refractivity contribution >= 4 is 23.3 Å². The summed E-state index contributed by atoms with van der Waals surface area (Å²) in [4.78, 5) is 11.6. The molecule has 1 aromatic carbocycles. The lowest BCUT2D eigenvalue weighted by Crippen LogP contribution is -2.40. The quantitative estimate of drug-likeness (QED) is 0.851. The zero-order valence-corrected chi connectivity index (χ0v) is 10.8. The second-order valence-corrected chi connectivity index (χ2v) is 4.10. The summed E-state index contributed by atoms with van der Waals surface area (Å²) in [5.74, 6) is 0. The molecule has 0 heterocycles. The first kappa shape index (κ1) is 13.8. The van der Waals surface area contributed by atoms with Crippen molar-refractivity contribution in [2.24, 2.45) is 0 Å². The molecule has 2 amide bonds. The molecule has 1 rings (SSSR count). The number of carbonyl (C=O) groups is 1. The zero-order valence-electron chi connectivity index (χ0n) is 10.00. The fourth-order valence-electron chi connectivity index (χ4n) is 1.35. The normalized spacial score (nSPS) is 11.9. The fraction of sp³-hybridized carbons (Fsp3) is 0.417. The lowest BCUT2D eigenvalue weighted by atomic mass is 10.2. The highest BCUT2D eigenvalue weighted by atomic mass is 35.5. The summed E-state index contributed by atoms with van der Waals surface area (Å²) in [6.45, 7) is 2.50. The minimum absolute atomic E-state index is 0.0206. The minimum Gasteiger partial charge on any atom is -0.383 e. The summed E-state index contributed by atoms with van der Waals surface area (Å²) in [6.07, 6.45) is 0.821. The van der Waals surface area contributed by atoms with Crippen LogP contribution in [0.1, 0.15) is 13.3 Å². The predicted molar refractivity (Wildman–Crippen MR) is 69.6 cm³/mol. The van der Waals surface area contributed by atoms with Gasteiger partial charge in [0, 0.05) is 17.8 Å². The largest absolute Gasteiger partial charge is 0.383 e. The molecule has 0 saturated heterocycles. The predicted octanol–water partition coefficient (Wildman–Crippen LogP) is 2.89. The molecule has 0 fully saturated rings. The van der Waals surface area contributed by atoms with Crippen LogP contribution >= 0.6 is 11.6 Å². The summed E-state index contributed by atoms with van der Waals surface area (Å²) < 4.78 is 5.00. The molecule has 0 radical (unpaired) electrons. The third kappa shape index (κ3) is 5.06. The number of urea groups is 1. The molecule has 0 bridgehead atoms. The van der Waals surface area contributed by atoms with E-state index in [9.17, 15) is 4.79 Å². The van der Waals surface area contributed by atoms with E-state index in [1.807, 2.05) is 6.92 Å². The van der Waals surface area contributed by atoms with Crippen LogP contribution in [0.4, 0.5) is 10.5 Å². The van der Waals surface area contributed by atoms with Gasteiger partial charge >= 0.3 is 6.03 Å². The van der Waals surface area contributed by atoms with E-state index in [0.29, 0.717) is 17.3 Å². The average Bonchev–Trinajstić information content (AvgIpc) is 2.31. The van der Waals surface area contributed by atoms with E-state index < -0.39 is 0 Å². The monoisotopic (exact) mass is 256 g/mol. The van der Waals surface area contributed by atoms with Crippen LogP contribution in [0.3, 0.4) is 0 Å². The number of halogens is 1. The molecule has 0 saturated carbocycles. The minimum atomic E-state index is -0.240. The molecule has 1 atom stereocenters. The number of hydrogen-bond acceptors (Lipinski definition) is 2. The van der Waals surface area contributed by atoms with Gasteiger partial charge in [0.15, 0.2) is 0 Å². The number of nitrogens with one attached hydrogen (secondary N) is 2. The van der Waals surface area contributed by atoms with Crippen molar-refractivity contribution in [3.63, 3.8) is 0 Å². The second kappa shape index (κ2) is 7.14. The van der Waals surface area contributed by atoms with E-state index in [4.69, 9.17) is 16.3 Å². The highest BCUT2D eigenvalue weighted by Crippen LogP contribution is 2.13. The molecule has 0 aromatic heterocycles. The van der Waals surface area contributed by atoms with Gasteiger partial charge in [0.25, 0.3) is 0 Å². The van der Waals surface area contributed by atoms with Crippen molar-refractivity contribution < 1.29 is 9.53 Å². The zero-order chi connectivity index (χ0) is 12.7. The van der Waals surface area contributed by atoms with Crippen LogP contribution in [0.15, 0.2) is 24.3 Å². The Bertz CT molecular complexity index is 354. The Morgan fingerprint density at radius 2 is 2.06 bits per heavy atom. The van der Waals surface area contributed by atoms with Gasteiger partial charge in [0.05, 0.1) is 12.6 Å². The topological polar surface area (TPSA) is 50.4 Å². The number of amides is 2. The summed E-state index contributed by atoms with van der Waals surface area (Å²) in [5, 5.41) is 6.19. The van der Waals surface area contributed by atoms with Gasteiger partial charge in [-0.25, -0.2) is 4.79 Å². The van der Waals surface area contributed by atoms with Crippen molar-refractivity contribution in [3.05, 3.63) is 29.3 Å². The van der Waals surface area contributed by atoms with E-state index in [1.54, 1.807) is 31.4 Å². The molecule has 0 spiro atoms. The summed E-state index contributed by atoms with van der Waals surface area (Å²) >= 11 is 5.75. The maximum atomic E-state index is 11.6. The first-order chi connectivity index (χ1) is 8.15. The molecule has 0 aliphatic carbocycles. The van der Waals surface area contributed by atoms with Gasteiger partial charge in [-0.05, 0) is 30.7 Å². The number of anilines is 1. The second-order valence-electron chi connectivity index (χ2n) is 3.67. The van der Waals surface area contributed by atoms with Crippen LogP contribution < -0.4 is 10.6 Å². The van der Waals surface area contributed by atoms with Crippen molar-refractivity contribution in [1.82, 2.24) is 5.32 Å². The average molecular weight is 257 g/mol.